The van der Waals surface area contributed by atoms with Gasteiger partial charge in [0.25, 0.3) is 5.91 Å². The van der Waals surface area contributed by atoms with Crippen LogP contribution in [0.1, 0.15) is 29.8 Å². The van der Waals surface area contributed by atoms with Crippen molar-refractivity contribution < 1.29 is 4.79 Å². The minimum atomic E-state index is -0.241. The number of rotatable bonds is 5. The Labute approximate surface area is 122 Å². The van der Waals surface area contributed by atoms with Crippen molar-refractivity contribution in [2.75, 3.05) is 6.54 Å². The average molecular weight is 288 g/mol. The number of nitriles is 1. The number of carbonyl (C=O) groups excluding carboxylic acids is 1. The van der Waals surface area contributed by atoms with Gasteiger partial charge in [-0.05, 0) is 24.3 Å². The summed E-state index contributed by atoms with van der Waals surface area (Å²) in [4.78, 5) is 16.1. The molecule has 20 heavy (non-hydrogen) atoms. The highest BCUT2D eigenvalue weighted by Gasteiger charge is 2.10. The van der Waals surface area contributed by atoms with Crippen LogP contribution in [0.3, 0.4) is 0 Å². The number of fused-ring (bicyclic) bond motifs is 1. The van der Waals surface area contributed by atoms with E-state index in [1.165, 1.54) is 0 Å². The molecule has 0 unspecified atom stereocenters. The van der Waals surface area contributed by atoms with Crippen LogP contribution in [-0.4, -0.2) is 17.4 Å². The molecule has 0 saturated heterocycles. The Morgan fingerprint density at radius 1 is 1.35 bits per heavy atom. The molecule has 0 spiro atoms. The van der Waals surface area contributed by atoms with E-state index in [4.69, 9.17) is 16.9 Å². The van der Waals surface area contributed by atoms with Crippen LogP contribution in [0.4, 0.5) is 0 Å². The number of hydrogen-bond donors (Lipinski definition) is 1. The highest BCUT2D eigenvalue weighted by Crippen LogP contribution is 2.22. The lowest BCUT2D eigenvalue weighted by atomic mass is 10.1. The van der Waals surface area contributed by atoms with Crippen molar-refractivity contribution in [1.82, 2.24) is 10.3 Å². The molecule has 1 amide bonds. The number of carbonyl (C=O) groups is 1. The van der Waals surface area contributed by atoms with Gasteiger partial charge in [0.15, 0.2) is 0 Å². The van der Waals surface area contributed by atoms with Gasteiger partial charge in [-0.3, -0.25) is 4.79 Å². The molecule has 1 heterocycles. The number of benzene rings is 1. The van der Waals surface area contributed by atoms with Crippen LogP contribution in [0.5, 0.6) is 0 Å². The van der Waals surface area contributed by atoms with Crippen LogP contribution < -0.4 is 5.32 Å². The van der Waals surface area contributed by atoms with Crippen LogP contribution in [0, 0.1) is 11.3 Å². The second-order valence-electron chi connectivity index (χ2n) is 4.39. The van der Waals surface area contributed by atoms with E-state index in [1.807, 2.05) is 24.3 Å². The van der Waals surface area contributed by atoms with Crippen LogP contribution in [0.2, 0.25) is 5.15 Å². The third kappa shape index (κ3) is 3.46. The molecule has 1 aromatic carbocycles. The fourth-order valence-electron chi connectivity index (χ4n) is 1.89. The number of nitrogens with one attached hydrogen (secondary N) is 1. The molecule has 0 atom stereocenters. The molecule has 0 aliphatic heterocycles. The molecule has 0 aliphatic carbocycles. The average Bonchev–Trinajstić information content (AvgIpc) is 2.47. The second kappa shape index (κ2) is 6.88. The van der Waals surface area contributed by atoms with Crippen molar-refractivity contribution >= 4 is 28.3 Å². The standard InChI is InChI=1S/C15H14ClN3O/c16-14-12-7-3-2-6-11(12)10-13(19-14)15(20)18-9-5-1-4-8-17/h2-3,6-7,10H,1,4-5,9H2,(H,18,20). The zero-order valence-electron chi connectivity index (χ0n) is 10.9. The van der Waals surface area contributed by atoms with Crippen LogP contribution in [0.25, 0.3) is 10.8 Å². The highest BCUT2D eigenvalue weighted by molar-refractivity contribution is 6.34. The monoisotopic (exact) mass is 287 g/mol. The fourth-order valence-corrected chi connectivity index (χ4v) is 2.16. The molecule has 0 aliphatic rings. The third-order valence-electron chi connectivity index (χ3n) is 2.93. The van der Waals surface area contributed by atoms with E-state index < -0.39 is 0 Å². The van der Waals surface area contributed by atoms with E-state index in [0.29, 0.717) is 23.8 Å². The molecule has 102 valence electrons. The predicted molar refractivity (Wildman–Crippen MR) is 78.6 cm³/mol. The first kappa shape index (κ1) is 14.3. The van der Waals surface area contributed by atoms with Gasteiger partial charge in [0.2, 0.25) is 0 Å². The van der Waals surface area contributed by atoms with Gasteiger partial charge in [-0.15, -0.1) is 0 Å². The SMILES string of the molecule is N#CCCCCNC(=O)c1cc2ccccc2c(Cl)n1. The first-order valence-corrected chi connectivity index (χ1v) is 6.80. The summed E-state index contributed by atoms with van der Waals surface area (Å²) in [6.07, 6.45) is 2.07. The van der Waals surface area contributed by atoms with E-state index in [9.17, 15) is 4.79 Å². The molecule has 4 nitrogen and oxygen atoms in total. The fraction of sp³-hybridized carbons (Fsp3) is 0.267. The van der Waals surface area contributed by atoms with Crippen molar-refractivity contribution in [1.29, 1.82) is 5.26 Å². The van der Waals surface area contributed by atoms with Crippen molar-refractivity contribution in [2.45, 2.75) is 19.3 Å². The van der Waals surface area contributed by atoms with Gasteiger partial charge in [-0.2, -0.15) is 5.26 Å². The summed E-state index contributed by atoms with van der Waals surface area (Å²) in [5.74, 6) is -0.241. The Hall–Kier alpha value is -2.12. The molecule has 1 aromatic heterocycles. The normalized spacial score (nSPS) is 10.2. The minimum absolute atomic E-state index is 0.241. The molecule has 1 N–H and O–H groups in total. The maximum Gasteiger partial charge on any atom is 0.269 e. The molecule has 0 saturated carbocycles. The number of aromatic nitrogens is 1. The predicted octanol–water partition coefficient (Wildman–Crippen LogP) is 3.31. The van der Waals surface area contributed by atoms with Crippen molar-refractivity contribution in [2.24, 2.45) is 0 Å². The number of nitrogens with zero attached hydrogens (tertiary/aromatic N) is 2. The Morgan fingerprint density at radius 2 is 2.15 bits per heavy atom. The van der Waals surface area contributed by atoms with E-state index in [0.717, 1.165) is 23.6 Å². The summed E-state index contributed by atoms with van der Waals surface area (Å²) in [5.41, 5.74) is 0.314. The molecular weight excluding hydrogens is 274 g/mol. The molecule has 2 rings (SSSR count). The summed E-state index contributed by atoms with van der Waals surface area (Å²) in [5, 5.41) is 13.3. The number of amides is 1. The molecule has 0 fully saturated rings. The Kier molecular flexibility index (Phi) is 4.91. The lowest BCUT2D eigenvalue weighted by Crippen LogP contribution is -2.25. The lowest BCUT2D eigenvalue weighted by Gasteiger charge is -2.06. The van der Waals surface area contributed by atoms with Gasteiger partial charge >= 0.3 is 0 Å². The summed E-state index contributed by atoms with van der Waals surface area (Å²) < 4.78 is 0. The summed E-state index contributed by atoms with van der Waals surface area (Å²) in [6, 6.07) is 11.3. The quantitative estimate of drug-likeness (QED) is 0.678. The first-order chi connectivity index (χ1) is 9.72. The molecule has 0 bridgehead atoms. The molecule has 2 aromatic rings. The summed E-state index contributed by atoms with van der Waals surface area (Å²) in [6.45, 7) is 0.534. The molecular formula is C15H14ClN3O. The Bertz CT molecular complexity index is 664. The first-order valence-electron chi connectivity index (χ1n) is 6.43. The zero-order chi connectivity index (χ0) is 14.4. The highest BCUT2D eigenvalue weighted by atomic mass is 35.5. The second-order valence-corrected chi connectivity index (χ2v) is 4.75. The molecule has 5 heteroatoms. The van der Waals surface area contributed by atoms with Gasteiger partial charge in [-0.25, -0.2) is 4.98 Å². The Morgan fingerprint density at radius 3 is 2.95 bits per heavy atom. The van der Waals surface area contributed by atoms with E-state index in [1.54, 1.807) is 6.07 Å². The molecule has 0 radical (unpaired) electrons. The zero-order valence-corrected chi connectivity index (χ0v) is 11.7. The van der Waals surface area contributed by atoms with Gasteiger partial charge < -0.3 is 5.32 Å². The van der Waals surface area contributed by atoms with Crippen LogP contribution in [-0.2, 0) is 0 Å². The van der Waals surface area contributed by atoms with Crippen LogP contribution >= 0.6 is 11.6 Å². The van der Waals surface area contributed by atoms with Crippen molar-refractivity contribution in [3.8, 4) is 6.07 Å². The third-order valence-corrected chi connectivity index (χ3v) is 3.22. The maximum absolute atomic E-state index is 12.0. The Balaban J connectivity index is 2.05. The number of halogens is 1. The minimum Gasteiger partial charge on any atom is -0.351 e. The van der Waals surface area contributed by atoms with E-state index >= 15 is 0 Å². The van der Waals surface area contributed by atoms with Gasteiger partial charge in [0, 0.05) is 18.4 Å². The summed E-state index contributed by atoms with van der Waals surface area (Å²) in [7, 11) is 0. The van der Waals surface area contributed by atoms with Crippen molar-refractivity contribution in [3.05, 3.63) is 41.2 Å². The number of hydrogen-bond acceptors (Lipinski definition) is 3. The summed E-state index contributed by atoms with van der Waals surface area (Å²) >= 11 is 6.08. The van der Waals surface area contributed by atoms with Gasteiger partial charge in [-0.1, -0.05) is 35.9 Å². The van der Waals surface area contributed by atoms with E-state index in [2.05, 4.69) is 16.4 Å². The van der Waals surface area contributed by atoms with Gasteiger partial charge in [0.05, 0.1) is 6.07 Å². The lowest BCUT2D eigenvalue weighted by molar-refractivity contribution is 0.0948. The topological polar surface area (TPSA) is 65.8 Å². The smallest absolute Gasteiger partial charge is 0.269 e. The van der Waals surface area contributed by atoms with Crippen LogP contribution in [0.15, 0.2) is 30.3 Å². The van der Waals surface area contributed by atoms with Crippen molar-refractivity contribution in [3.63, 3.8) is 0 Å². The number of unbranched alkanes of at least 4 members (excludes halogenated alkanes) is 2. The number of pyridine rings is 1. The largest absolute Gasteiger partial charge is 0.351 e. The van der Waals surface area contributed by atoms with Gasteiger partial charge in [0.1, 0.15) is 10.8 Å². The van der Waals surface area contributed by atoms with E-state index in [-0.39, 0.29) is 5.91 Å². The maximum atomic E-state index is 12.0.